The Bertz CT molecular complexity index is 888. The molecule has 1 aromatic carbocycles. The number of anilines is 2. The molecule has 7 nitrogen and oxygen atoms in total. The Morgan fingerprint density at radius 1 is 1.10 bits per heavy atom. The summed E-state index contributed by atoms with van der Waals surface area (Å²) < 4.78 is 0. The fraction of sp³-hybridized carbons (Fsp3) is 0.478. The molecule has 0 bridgehead atoms. The van der Waals surface area contributed by atoms with Crippen molar-refractivity contribution in [1.82, 2.24) is 15.5 Å². The zero-order valence-electron chi connectivity index (χ0n) is 18.6. The lowest BCUT2D eigenvalue weighted by Crippen LogP contribution is -2.42. The molecule has 1 saturated heterocycles. The third kappa shape index (κ3) is 6.95. The van der Waals surface area contributed by atoms with E-state index in [0.717, 1.165) is 48.6 Å². The summed E-state index contributed by atoms with van der Waals surface area (Å²) in [6, 6.07) is 9.99. The molecule has 0 radical (unpaired) electrons. The first-order chi connectivity index (χ1) is 14.8. The number of piperidine rings is 1. The first-order valence-electron chi connectivity index (χ1n) is 10.7. The van der Waals surface area contributed by atoms with Gasteiger partial charge in [-0.3, -0.25) is 9.59 Å². The quantitative estimate of drug-likeness (QED) is 0.639. The SMILES string of the molecule is Cc1cc(C)cc(NC(=O)CSc2ccc(N3CCC(C(=O)NC(C)C)CC3)nn2)c1. The van der Waals surface area contributed by atoms with Crippen LogP contribution in [0.3, 0.4) is 0 Å². The van der Waals surface area contributed by atoms with Crippen molar-refractivity contribution in [3.63, 3.8) is 0 Å². The molecule has 2 heterocycles. The van der Waals surface area contributed by atoms with Crippen LogP contribution >= 0.6 is 11.8 Å². The van der Waals surface area contributed by atoms with E-state index in [1.54, 1.807) is 0 Å². The molecule has 2 amide bonds. The Morgan fingerprint density at radius 3 is 2.35 bits per heavy atom. The number of aromatic nitrogens is 2. The summed E-state index contributed by atoms with van der Waals surface area (Å²) in [5.74, 6) is 1.23. The summed E-state index contributed by atoms with van der Waals surface area (Å²) in [6.07, 6.45) is 1.63. The van der Waals surface area contributed by atoms with Gasteiger partial charge in [-0.05, 0) is 75.9 Å². The van der Waals surface area contributed by atoms with Crippen LogP contribution in [0.2, 0.25) is 0 Å². The zero-order chi connectivity index (χ0) is 22.4. The van der Waals surface area contributed by atoms with Gasteiger partial charge in [-0.25, -0.2) is 0 Å². The summed E-state index contributed by atoms with van der Waals surface area (Å²) >= 11 is 1.36. The number of amides is 2. The van der Waals surface area contributed by atoms with Gasteiger partial charge < -0.3 is 15.5 Å². The summed E-state index contributed by atoms with van der Waals surface area (Å²) in [7, 11) is 0. The second-order valence-electron chi connectivity index (χ2n) is 8.37. The van der Waals surface area contributed by atoms with Crippen molar-refractivity contribution in [1.29, 1.82) is 0 Å². The van der Waals surface area contributed by atoms with Crippen molar-refractivity contribution in [2.45, 2.75) is 51.6 Å². The second kappa shape index (κ2) is 10.6. The minimum absolute atomic E-state index is 0.0668. The second-order valence-corrected chi connectivity index (χ2v) is 9.36. The molecular weight excluding hydrogens is 410 g/mol. The maximum atomic E-state index is 12.3. The van der Waals surface area contributed by atoms with Crippen molar-refractivity contribution < 1.29 is 9.59 Å². The van der Waals surface area contributed by atoms with E-state index in [1.165, 1.54) is 11.8 Å². The van der Waals surface area contributed by atoms with E-state index in [0.29, 0.717) is 5.03 Å². The molecule has 2 aromatic rings. The van der Waals surface area contributed by atoms with E-state index >= 15 is 0 Å². The van der Waals surface area contributed by atoms with Gasteiger partial charge in [0.2, 0.25) is 11.8 Å². The smallest absolute Gasteiger partial charge is 0.234 e. The Morgan fingerprint density at radius 2 is 1.77 bits per heavy atom. The van der Waals surface area contributed by atoms with Crippen LogP contribution in [-0.2, 0) is 9.59 Å². The number of thioether (sulfide) groups is 1. The Hall–Kier alpha value is -2.61. The molecule has 8 heteroatoms. The maximum Gasteiger partial charge on any atom is 0.234 e. The van der Waals surface area contributed by atoms with Crippen LogP contribution in [0.5, 0.6) is 0 Å². The number of benzene rings is 1. The molecule has 0 saturated carbocycles. The molecule has 0 aliphatic carbocycles. The molecule has 166 valence electrons. The molecule has 0 unspecified atom stereocenters. The highest BCUT2D eigenvalue weighted by Crippen LogP contribution is 2.23. The van der Waals surface area contributed by atoms with E-state index in [-0.39, 0.29) is 29.5 Å². The fourth-order valence-corrected chi connectivity index (χ4v) is 4.33. The van der Waals surface area contributed by atoms with Gasteiger partial charge in [0.05, 0.1) is 5.75 Å². The van der Waals surface area contributed by atoms with E-state index in [9.17, 15) is 9.59 Å². The summed E-state index contributed by atoms with van der Waals surface area (Å²) in [6.45, 7) is 9.56. The van der Waals surface area contributed by atoms with Gasteiger partial charge in [-0.2, -0.15) is 0 Å². The number of nitrogens with zero attached hydrogens (tertiary/aromatic N) is 3. The molecule has 3 rings (SSSR count). The van der Waals surface area contributed by atoms with E-state index in [2.05, 4.69) is 31.8 Å². The Kier molecular flexibility index (Phi) is 7.90. The topological polar surface area (TPSA) is 87.2 Å². The molecule has 2 N–H and O–H groups in total. The van der Waals surface area contributed by atoms with Gasteiger partial charge in [0.15, 0.2) is 5.82 Å². The molecule has 1 aliphatic heterocycles. The van der Waals surface area contributed by atoms with Crippen molar-refractivity contribution in [3.8, 4) is 0 Å². The molecule has 1 aromatic heterocycles. The third-order valence-corrected chi connectivity index (χ3v) is 6.02. The lowest BCUT2D eigenvalue weighted by Gasteiger charge is -2.32. The zero-order valence-corrected chi connectivity index (χ0v) is 19.5. The van der Waals surface area contributed by atoms with E-state index < -0.39 is 0 Å². The Labute approximate surface area is 188 Å². The normalized spacial score (nSPS) is 14.5. The predicted octanol–water partition coefficient (Wildman–Crippen LogP) is 3.57. The van der Waals surface area contributed by atoms with Crippen LogP contribution in [0.1, 0.15) is 37.8 Å². The highest BCUT2D eigenvalue weighted by Gasteiger charge is 2.26. The summed E-state index contributed by atoms with van der Waals surface area (Å²) in [5.41, 5.74) is 3.05. The highest BCUT2D eigenvalue weighted by molar-refractivity contribution is 7.99. The summed E-state index contributed by atoms with van der Waals surface area (Å²) in [5, 5.41) is 15.2. The monoisotopic (exact) mass is 441 g/mol. The molecule has 1 aliphatic rings. The van der Waals surface area contributed by atoms with Crippen molar-refractivity contribution in [2.24, 2.45) is 5.92 Å². The largest absolute Gasteiger partial charge is 0.355 e. The van der Waals surface area contributed by atoms with Gasteiger partial charge in [0.1, 0.15) is 5.03 Å². The van der Waals surface area contributed by atoms with Crippen LogP contribution < -0.4 is 15.5 Å². The molecule has 31 heavy (non-hydrogen) atoms. The lowest BCUT2D eigenvalue weighted by atomic mass is 9.95. The molecule has 1 fully saturated rings. The minimum Gasteiger partial charge on any atom is -0.355 e. The fourth-order valence-electron chi connectivity index (χ4n) is 3.72. The lowest BCUT2D eigenvalue weighted by molar-refractivity contribution is -0.126. The van der Waals surface area contributed by atoms with Crippen molar-refractivity contribution >= 4 is 35.1 Å². The molecular formula is C23H31N5O2S. The van der Waals surface area contributed by atoms with Gasteiger partial charge in [-0.15, -0.1) is 10.2 Å². The number of hydrogen-bond acceptors (Lipinski definition) is 6. The molecule has 0 atom stereocenters. The number of rotatable bonds is 7. The number of carbonyl (C=O) groups excluding carboxylic acids is 2. The van der Waals surface area contributed by atoms with Crippen LogP contribution in [0.4, 0.5) is 11.5 Å². The average Bonchev–Trinajstić information content (AvgIpc) is 2.71. The number of carbonyl (C=O) groups is 2. The standard InChI is InChI=1S/C23H31N5O2S/c1-15(2)24-23(30)18-7-9-28(10-8-18)20-5-6-22(27-26-20)31-14-21(29)25-19-12-16(3)11-17(4)13-19/h5-6,11-13,15,18H,7-10,14H2,1-4H3,(H,24,30)(H,25,29). The number of nitrogens with one attached hydrogen (secondary N) is 2. The predicted molar refractivity (Wildman–Crippen MR) is 126 cm³/mol. The van der Waals surface area contributed by atoms with Gasteiger partial charge in [0, 0.05) is 30.7 Å². The third-order valence-electron chi connectivity index (χ3n) is 5.10. The van der Waals surface area contributed by atoms with E-state index in [4.69, 9.17) is 0 Å². The number of hydrogen-bond donors (Lipinski definition) is 2. The minimum atomic E-state index is -0.0670. The average molecular weight is 442 g/mol. The maximum absolute atomic E-state index is 12.3. The number of aryl methyl sites for hydroxylation is 2. The highest BCUT2D eigenvalue weighted by atomic mass is 32.2. The first kappa shape index (κ1) is 23.1. The van der Waals surface area contributed by atoms with Gasteiger partial charge >= 0.3 is 0 Å². The van der Waals surface area contributed by atoms with Crippen molar-refractivity contribution in [3.05, 3.63) is 41.5 Å². The van der Waals surface area contributed by atoms with E-state index in [1.807, 2.05) is 52.0 Å². The summed E-state index contributed by atoms with van der Waals surface area (Å²) in [4.78, 5) is 26.6. The van der Waals surface area contributed by atoms with Crippen LogP contribution in [0.25, 0.3) is 0 Å². The van der Waals surface area contributed by atoms with Crippen LogP contribution in [0.15, 0.2) is 35.4 Å². The molecule has 0 spiro atoms. The van der Waals surface area contributed by atoms with Gasteiger partial charge in [0.25, 0.3) is 0 Å². The van der Waals surface area contributed by atoms with Crippen LogP contribution in [-0.4, -0.2) is 46.9 Å². The Balaban J connectivity index is 1.46. The van der Waals surface area contributed by atoms with Crippen LogP contribution in [0, 0.1) is 19.8 Å². The van der Waals surface area contributed by atoms with Crippen molar-refractivity contribution in [2.75, 3.05) is 29.1 Å². The van der Waals surface area contributed by atoms with Gasteiger partial charge in [-0.1, -0.05) is 17.8 Å². The first-order valence-corrected chi connectivity index (χ1v) is 11.7.